The fourth-order valence-electron chi connectivity index (χ4n) is 2.77. The lowest BCUT2D eigenvalue weighted by Gasteiger charge is -2.25. The average molecular weight is 452 g/mol. The summed E-state index contributed by atoms with van der Waals surface area (Å²) in [5.41, 5.74) is -0.202. The lowest BCUT2D eigenvalue weighted by molar-refractivity contribution is 0.0435. The molecule has 0 radical (unpaired) electrons. The number of benzene rings is 2. The lowest BCUT2D eigenvalue weighted by Crippen LogP contribution is -2.36. The summed E-state index contributed by atoms with van der Waals surface area (Å²) in [6, 6.07) is 4.21. The first-order valence-corrected chi connectivity index (χ1v) is 9.03. The van der Waals surface area contributed by atoms with E-state index in [0.717, 1.165) is 6.08 Å². The van der Waals surface area contributed by atoms with Crippen molar-refractivity contribution in [1.29, 1.82) is 0 Å². The van der Waals surface area contributed by atoms with Crippen molar-refractivity contribution in [2.75, 3.05) is 32.8 Å². The molecule has 1 aliphatic rings. The Balaban J connectivity index is 0.00000300. The molecule has 0 aliphatic carbocycles. The van der Waals surface area contributed by atoms with E-state index in [0.29, 0.717) is 43.4 Å². The molecule has 1 heterocycles. The van der Waals surface area contributed by atoms with E-state index in [1.165, 1.54) is 24.3 Å². The third kappa shape index (κ3) is 5.42. The van der Waals surface area contributed by atoms with Crippen LogP contribution < -0.4 is 4.74 Å². The molecule has 0 aromatic heterocycles. The summed E-state index contributed by atoms with van der Waals surface area (Å²) in [4.78, 5) is 1.99. The van der Waals surface area contributed by atoms with Crippen molar-refractivity contribution >= 4 is 30.1 Å². The van der Waals surface area contributed by atoms with Crippen molar-refractivity contribution < 1.29 is 27.0 Å². The maximum atomic E-state index is 14.4. The van der Waals surface area contributed by atoms with Gasteiger partial charge in [-0.1, -0.05) is 23.8 Å². The quantitative estimate of drug-likeness (QED) is 0.425. The Bertz CT molecular complexity index is 874. The summed E-state index contributed by atoms with van der Waals surface area (Å²) in [6.07, 6.45) is 2.48. The first-order valence-electron chi connectivity index (χ1n) is 8.65. The van der Waals surface area contributed by atoms with Crippen LogP contribution in [0.25, 0.3) is 6.08 Å². The molecule has 0 bridgehead atoms. The molecule has 0 saturated carbocycles. The SMILES string of the molecule is Cc1cc(Oc2c(F)c(F)c(/C=C/CN3CCOCC3)c(F)c2F)ccc1Cl.Cl. The van der Waals surface area contributed by atoms with Crippen LogP contribution in [0, 0.1) is 30.2 Å². The summed E-state index contributed by atoms with van der Waals surface area (Å²) in [5.74, 6) is -7.36. The normalized spacial score (nSPS) is 14.8. The number of hydrogen-bond donors (Lipinski definition) is 0. The molecule has 0 spiro atoms. The molecule has 2 aromatic rings. The van der Waals surface area contributed by atoms with E-state index in [4.69, 9.17) is 21.1 Å². The highest BCUT2D eigenvalue weighted by molar-refractivity contribution is 6.31. The van der Waals surface area contributed by atoms with Crippen molar-refractivity contribution in [2.24, 2.45) is 0 Å². The third-order valence-corrected chi connectivity index (χ3v) is 4.78. The number of aryl methyl sites for hydroxylation is 1. The predicted octanol–water partition coefficient (Wildman–Crippen LogP) is 5.76. The van der Waals surface area contributed by atoms with Crippen molar-refractivity contribution in [2.45, 2.75) is 6.92 Å². The van der Waals surface area contributed by atoms with Gasteiger partial charge in [0.15, 0.2) is 11.6 Å². The van der Waals surface area contributed by atoms with Crippen LogP contribution in [0.1, 0.15) is 11.1 Å². The molecule has 158 valence electrons. The van der Waals surface area contributed by atoms with Gasteiger partial charge in [-0.25, -0.2) is 8.78 Å². The zero-order valence-electron chi connectivity index (χ0n) is 15.5. The first kappa shape index (κ1) is 23.5. The molecule has 0 N–H and O–H groups in total. The molecule has 0 atom stereocenters. The molecule has 1 fully saturated rings. The van der Waals surface area contributed by atoms with Crippen LogP contribution in [-0.4, -0.2) is 37.7 Å². The predicted molar refractivity (Wildman–Crippen MR) is 106 cm³/mol. The van der Waals surface area contributed by atoms with Gasteiger partial charge in [-0.05, 0) is 30.7 Å². The minimum atomic E-state index is -1.60. The molecule has 0 unspecified atom stereocenters. The highest BCUT2D eigenvalue weighted by atomic mass is 35.5. The van der Waals surface area contributed by atoms with Gasteiger partial charge in [0, 0.05) is 24.7 Å². The highest BCUT2D eigenvalue weighted by Crippen LogP contribution is 2.34. The van der Waals surface area contributed by atoms with Crippen LogP contribution in [0.3, 0.4) is 0 Å². The summed E-state index contributed by atoms with van der Waals surface area (Å²) in [7, 11) is 0. The zero-order chi connectivity index (χ0) is 20.3. The third-order valence-electron chi connectivity index (χ3n) is 4.36. The van der Waals surface area contributed by atoms with E-state index in [-0.39, 0.29) is 18.2 Å². The number of halogens is 6. The van der Waals surface area contributed by atoms with E-state index in [1.54, 1.807) is 6.92 Å². The van der Waals surface area contributed by atoms with Gasteiger partial charge in [0.25, 0.3) is 0 Å². The maximum Gasteiger partial charge on any atom is 0.205 e. The molecule has 1 saturated heterocycles. The Morgan fingerprint density at radius 1 is 1.07 bits per heavy atom. The monoisotopic (exact) mass is 451 g/mol. The van der Waals surface area contributed by atoms with Gasteiger partial charge in [0.2, 0.25) is 17.4 Å². The fraction of sp³-hybridized carbons (Fsp3) is 0.300. The largest absolute Gasteiger partial charge is 0.451 e. The second-order valence-corrected chi connectivity index (χ2v) is 6.73. The number of ether oxygens (including phenoxy) is 2. The molecular formula is C20H19Cl2F4NO2. The van der Waals surface area contributed by atoms with Crippen LogP contribution in [0.15, 0.2) is 24.3 Å². The average Bonchev–Trinajstić information content (AvgIpc) is 2.70. The molecule has 3 nitrogen and oxygen atoms in total. The standard InChI is InChI=1S/C20H18ClF4NO2.ClH/c1-12-11-13(4-5-15(12)21)28-20-18(24)16(22)14(17(23)19(20)25)3-2-6-26-7-9-27-10-8-26;/h2-5,11H,6-10H2,1H3;1H/b3-2+;. The van der Waals surface area contributed by atoms with E-state index in [2.05, 4.69) is 0 Å². The van der Waals surface area contributed by atoms with Gasteiger partial charge in [-0.2, -0.15) is 8.78 Å². The Hall–Kier alpha value is -1.80. The van der Waals surface area contributed by atoms with Gasteiger partial charge in [0.05, 0.1) is 18.8 Å². The second-order valence-electron chi connectivity index (χ2n) is 6.33. The van der Waals surface area contributed by atoms with Crippen LogP contribution >= 0.6 is 24.0 Å². The Morgan fingerprint density at radius 2 is 1.69 bits per heavy atom. The molecule has 2 aromatic carbocycles. The smallest absolute Gasteiger partial charge is 0.205 e. The Morgan fingerprint density at radius 3 is 2.28 bits per heavy atom. The van der Waals surface area contributed by atoms with Crippen LogP contribution in [-0.2, 0) is 4.74 Å². The van der Waals surface area contributed by atoms with Gasteiger partial charge >= 0.3 is 0 Å². The van der Waals surface area contributed by atoms with E-state index >= 15 is 0 Å². The van der Waals surface area contributed by atoms with E-state index in [9.17, 15) is 17.6 Å². The topological polar surface area (TPSA) is 21.7 Å². The lowest BCUT2D eigenvalue weighted by atomic mass is 10.1. The van der Waals surface area contributed by atoms with Gasteiger partial charge in [-0.15, -0.1) is 12.4 Å². The molecule has 3 rings (SSSR count). The van der Waals surface area contributed by atoms with Gasteiger partial charge in [0.1, 0.15) is 5.75 Å². The van der Waals surface area contributed by atoms with Gasteiger partial charge < -0.3 is 9.47 Å². The van der Waals surface area contributed by atoms with E-state index < -0.39 is 34.6 Å². The zero-order valence-corrected chi connectivity index (χ0v) is 17.1. The second kappa shape index (κ2) is 10.3. The molecule has 0 amide bonds. The summed E-state index contributed by atoms with van der Waals surface area (Å²) < 4.78 is 67.7. The highest BCUT2D eigenvalue weighted by Gasteiger charge is 2.26. The Labute approximate surface area is 177 Å². The van der Waals surface area contributed by atoms with Crippen molar-refractivity contribution in [1.82, 2.24) is 4.90 Å². The van der Waals surface area contributed by atoms with Crippen molar-refractivity contribution in [3.8, 4) is 11.5 Å². The molecule has 1 aliphatic heterocycles. The number of hydrogen-bond acceptors (Lipinski definition) is 3. The molecule has 29 heavy (non-hydrogen) atoms. The number of rotatable bonds is 5. The van der Waals surface area contributed by atoms with Crippen LogP contribution in [0.5, 0.6) is 11.5 Å². The van der Waals surface area contributed by atoms with E-state index in [1.807, 2.05) is 4.90 Å². The van der Waals surface area contributed by atoms with Crippen LogP contribution in [0.2, 0.25) is 5.02 Å². The fourth-order valence-corrected chi connectivity index (χ4v) is 2.88. The number of morpholine rings is 1. The molecular weight excluding hydrogens is 433 g/mol. The summed E-state index contributed by atoms with van der Waals surface area (Å²) >= 11 is 5.88. The first-order chi connectivity index (χ1) is 13.4. The van der Waals surface area contributed by atoms with Crippen molar-refractivity contribution in [3.63, 3.8) is 0 Å². The minimum absolute atomic E-state index is 0. The number of nitrogens with zero attached hydrogens (tertiary/aromatic N) is 1. The molecule has 9 heteroatoms. The maximum absolute atomic E-state index is 14.4. The minimum Gasteiger partial charge on any atom is -0.451 e. The van der Waals surface area contributed by atoms with Crippen molar-refractivity contribution in [3.05, 3.63) is 63.7 Å². The summed E-state index contributed by atoms with van der Waals surface area (Å²) in [6.45, 7) is 4.52. The van der Waals surface area contributed by atoms with Gasteiger partial charge in [-0.3, -0.25) is 4.90 Å². The summed E-state index contributed by atoms with van der Waals surface area (Å²) in [5, 5.41) is 0.423. The van der Waals surface area contributed by atoms with Crippen LogP contribution in [0.4, 0.5) is 17.6 Å². The Kier molecular flexibility index (Phi) is 8.34.